The molecule has 0 spiro atoms. The summed E-state index contributed by atoms with van der Waals surface area (Å²) in [6, 6.07) is 0. The number of aliphatic hydroxyl groups is 1. The Morgan fingerprint density at radius 1 is 1.43 bits per heavy atom. The summed E-state index contributed by atoms with van der Waals surface area (Å²) in [4.78, 5) is 22.6. The molecular formula is C14H16O7. The summed E-state index contributed by atoms with van der Waals surface area (Å²) in [5.74, 6) is -4.24. The van der Waals surface area contributed by atoms with Crippen molar-refractivity contribution < 1.29 is 34.4 Å². The van der Waals surface area contributed by atoms with Crippen molar-refractivity contribution in [3.8, 4) is 0 Å². The lowest BCUT2D eigenvalue weighted by atomic mass is 9.76. The van der Waals surface area contributed by atoms with Gasteiger partial charge >= 0.3 is 11.9 Å². The lowest BCUT2D eigenvalue weighted by Crippen LogP contribution is -2.48. The molecule has 3 rings (SSSR count). The van der Waals surface area contributed by atoms with Crippen LogP contribution in [0.4, 0.5) is 0 Å². The van der Waals surface area contributed by atoms with Gasteiger partial charge in [0.15, 0.2) is 0 Å². The van der Waals surface area contributed by atoms with Gasteiger partial charge in [0.1, 0.15) is 11.7 Å². The van der Waals surface area contributed by atoms with Gasteiger partial charge in [-0.25, -0.2) is 4.79 Å². The van der Waals surface area contributed by atoms with Crippen LogP contribution in [-0.2, 0) is 19.1 Å². The second kappa shape index (κ2) is 4.57. The van der Waals surface area contributed by atoms with Crippen molar-refractivity contribution in [2.75, 3.05) is 0 Å². The Labute approximate surface area is 120 Å². The van der Waals surface area contributed by atoms with E-state index >= 15 is 0 Å². The van der Waals surface area contributed by atoms with Crippen molar-refractivity contribution >= 4 is 11.9 Å². The van der Waals surface area contributed by atoms with E-state index < -0.39 is 47.7 Å². The quantitative estimate of drug-likeness (QED) is 0.642. The van der Waals surface area contributed by atoms with Crippen LogP contribution in [0.1, 0.15) is 13.3 Å². The summed E-state index contributed by atoms with van der Waals surface area (Å²) in [6.07, 6.45) is 2.68. The molecule has 2 aliphatic heterocycles. The zero-order valence-corrected chi connectivity index (χ0v) is 11.3. The molecule has 0 radical (unpaired) electrons. The van der Waals surface area contributed by atoms with Gasteiger partial charge in [-0.3, -0.25) is 4.79 Å². The Bertz CT molecular complexity index is 552. The van der Waals surface area contributed by atoms with Crippen LogP contribution >= 0.6 is 0 Å². The smallest absolute Gasteiger partial charge is 0.335 e. The van der Waals surface area contributed by atoms with Crippen molar-refractivity contribution in [3.05, 3.63) is 24.0 Å². The van der Waals surface area contributed by atoms with E-state index in [1.807, 2.05) is 0 Å². The largest absolute Gasteiger partial charge is 0.481 e. The van der Waals surface area contributed by atoms with Crippen LogP contribution in [0.25, 0.3) is 0 Å². The highest BCUT2D eigenvalue weighted by Gasteiger charge is 2.64. The molecule has 7 nitrogen and oxygen atoms in total. The van der Waals surface area contributed by atoms with Gasteiger partial charge in [0.05, 0.1) is 23.7 Å². The highest BCUT2D eigenvalue weighted by atomic mass is 16.7. The fourth-order valence-corrected chi connectivity index (χ4v) is 3.55. The monoisotopic (exact) mass is 296 g/mol. The lowest BCUT2D eigenvalue weighted by molar-refractivity contribution is -0.163. The Hall–Kier alpha value is -1.86. The molecular weight excluding hydrogens is 280 g/mol. The molecule has 0 unspecified atom stereocenters. The molecule has 0 aromatic rings. The Morgan fingerprint density at radius 3 is 2.71 bits per heavy atom. The minimum atomic E-state index is -1.52. The molecule has 1 fully saturated rings. The molecule has 114 valence electrons. The van der Waals surface area contributed by atoms with Crippen molar-refractivity contribution in [2.45, 2.75) is 31.3 Å². The molecule has 3 aliphatic rings. The maximum Gasteiger partial charge on any atom is 0.335 e. The number of carboxylic acids is 2. The van der Waals surface area contributed by atoms with E-state index in [0.717, 1.165) is 6.26 Å². The van der Waals surface area contributed by atoms with E-state index in [9.17, 15) is 24.9 Å². The van der Waals surface area contributed by atoms with Crippen LogP contribution in [-0.4, -0.2) is 45.3 Å². The number of carbonyl (C=O) groups is 2. The number of aliphatic carboxylic acids is 2. The third-order valence-electron chi connectivity index (χ3n) is 4.58. The Morgan fingerprint density at radius 2 is 2.14 bits per heavy atom. The lowest BCUT2D eigenvalue weighted by Gasteiger charge is -2.32. The van der Waals surface area contributed by atoms with E-state index in [1.165, 1.54) is 6.08 Å². The predicted octanol–water partition coefficient (Wildman–Crippen LogP) is 0.354. The number of allylic oxidation sites excluding steroid dienone is 1. The van der Waals surface area contributed by atoms with Crippen molar-refractivity contribution in [1.82, 2.24) is 0 Å². The SMILES string of the molecule is CC[C@@H](C(=O)O)[C@@H]1O[C@H]2OC=C(C(=O)O)[C@H]3C=C[C@]1(O)[C@@H]23. The molecule has 6 atom stereocenters. The summed E-state index contributed by atoms with van der Waals surface area (Å²) in [5, 5.41) is 29.3. The average molecular weight is 296 g/mol. The number of carboxylic acid groups (broad SMARTS) is 2. The van der Waals surface area contributed by atoms with Gasteiger partial charge in [-0.1, -0.05) is 19.1 Å². The topological polar surface area (TPSA) is 113 Å². The summed E-state index contributed by atoms with van der Waals surface area (Å²) in [7, 11) is 0. The maximum atomic E-state index is 11.3. The van der Waals surface area contributed by atoms with Gasteiger partial charge in [-0.15, -0.1) is 0 Å². The van der Waals surface area contributed by atoms with Crippen LogP contribution < -0.4 is 0 Å². The van der Waals surface area contributed by atoms with Gasteiger partial charge in [0.25, 0.3) is 0 Å². The second-order valence-corrected chi connectivity index (χ2v) is 5.59. The second-order valence-electron chi connectivity index (χ2n) is 5.59. The first kappa shape index (κ1) is 14.1. The molecule has 2 heterocycles. The number of hydrogen-bond acceptors (Lipinski definition) is 5. The molecule has 21 heavy (non-hydrogen) atoms. The first-order valence-corrected chi connectivity index (χ1v) is 6.79. The summed E-state index contributed by atoms with van der Waals surface area (Å²) in [5.41, 5.74) is -1.49. The third kappa shape index (κ3) is 1.81. The van der Waals surface area contributed by atoms with Crippen LogP contribution in [0.15, 0.2) is 24.0 Å². The Kier molecular flexibility index (Phi) is 3.07. The number of ether oxygens (including phenoxy) is 2. The summed E-state index contributed by atoms with van der Waals surface area (Å²) in [6.45, 7) is 1.70. The summed E-state index contributed by atoms with van der Waals surface area (Å²) < 4.78 is 10.9. The summed E-state index contributed by atoms with van der Waals surface area (Å²) >= 11 is 0. The van der Waals surface area contributed by atoms with Gasteiger partial charge in [0.2, 0.25) is 6.29 Å². The molecule has 0 bridgehead atoms. The highest BCUT2D eigenvalue weighted by molar-refractivity contribution is 5.88. The normalized spacial score (nSPS) is 41.1. The van der Waals surface area contributed by atoms with Crippen LogP contribution in [0.2, 0.25) is 0 Å². The zero-order valence-electron chi connectivity index (χ0n) is 11.3. The minimum Gasteiger partial charge on any atom is -0.481 e. The van der Waals surface area contributed by atoms with Gasteiger partial charge in [-0.05, 0) is 6.42 Å². The number of rotatable bonds is 4. The van der Waals surface area contributed by atoms with Crippen molar-refractivity contribution in [1.29, 1.82) is 0 Å². The molecule has 1 aliphatic carbocycles. The fraction of sp³-hybridized carbons (Fsp3) is 0.571. The molecule has 1 saturated heterocycles. The highest BCUT2D eigenvalue weighted by Crippen LogP contribution is 2.53. The fourth-order valence-electron chi connectivity index (χ4n) is 3.55. The van der Waals surface area contributed by atoms with Crippen LogP contribution in [0.5, 0.6) is 0 Å². The van der Waals surface area contributed by atoms with E-state index in [-0.39, 0.29) is 5.57 Å². The minimum absolute atomic E-state index is 0.0380. The van der Waals surface area contributed by atoms with E-state index in [2.05, 4.69) is 0 Å². The first-order valence-electron chi connectivity index (χ1n) is 6.79. The van der Waals surface area contributed by atoms with E-state index in [1.54, 1.807) is 13.0 Å². The molecule has 0 aromatic heterocycles. The van der Waals surface area contributed by atoms with Crippen LogP contribution in [0, 0.1) is 17.8 Å². The molecule has 0 saturated carbocycles. The van der Waals surface area contributed by atoms with Crippen molar-refractivity contribution in [3.63, 3.8) is 0 Å². The maximum absolute atomic E-state index is 11.3. The van der Waals surface area contributed by atoms with E-state index in [4.69, 9.17) is 9.47 Å². The van der Waals surface area contributed by atoms with Crippen molar-refractivity contribution in [2.24, 2.45) is 17.8 Å². The standard InChI is InChI=1S/C14H16O7/c1-2-6(11(15)16)10-14(19)4-3-7-8(12(17)18)5-20-13(21-10)9(7)14/h3-7,9-10,13,19H,2H2,1H3,(H,15,16)(H,17,18)/t6-,7-,9-,10+,13-,14+/m1/s1. The molecule has 0 aromatic carbocycles. The molecule has 3 N–H and O–H groups in total. The van der Waals surface area contributed by atoms with Gasteiger partial charge in [0, 0.05) is 5.92 Å². The predicted molar refractivity (Wildman–Crippen MR) is 68.0 cm³/mol. The van der Waals surface area contributed by atoms with Gasteiger partial charge in [-0.2, -0.15) is 0 Å². The first-order chi connectivity index (χ1) is 9.90. The average Bonchev–Trinajstić information content (AvgIpc) is 2.91. The van der Waals surface area contributed by atoms with Crippen LogP contribution in [0.3, 0.4) is 0 Å². The number of hydrogen-bond donors (Lipinski definition) is 3. The van der Waals surface area contributed by atoms with E-state index in [0.29, 0.717) is 6.42 Å². The molecule has 7 heteroatoms. The third-order valence-corrected chi connectivity index (χ3v) is 4.58. The van der Waals surface area contributed by atoms with Gasteiger partial charge < -0.3 is 24.8 Å². The Balaban J connectivity index is 1.97. The molecule has 0 amide bonds. The zero-order chi connectivity index (χ0) is 15.4.